The van der Waals surface area contributed by atoms with Crippen LogP contribution in [0.15, 0.2) is 41.8 Å². The summed E-state index contributed by atoms with van der Waals surface area (Å²) in [6, 6.07) is 6.32. The Morgan fingerprint density at radius 2 is 2.35 bits per heavy atom. The molecule has 0 spiro atoms. The maximum Gasteiger partial charge on any atom is 0.172 e. The maximum absolute atomic E-state index is 13.2. The van der Waals surface area contributed by atoms with Gasteiger partial charge in [0.05, 0.1) is 18.4 Å². The van der Waals surface area contributed by atoms with E-state index in [-0.39, 0.29) is 5.82 Å². The third-order valence-corrected chi connectivity index (χ3v) is 3.72. The highest BCUT2D eigenvalue weighted by molar-refractivity contribution is 7.99. The Hall–Kier alpha value is -1.37. The molecule has 0 bridgehead atoms. The fraction of sp³-hybridized carbons (Fsp3) is 0.357. The Labute approximate surface area is 121 Å². The van der Waals surface area contributed by atoms with Gasteiger partial charge in [0, 0.05) is 24.8 Å². The fourth-order valence-corrected chi connectivity index (χ4v) is 2.57. The highest BCUT2D eigenvalue weighted by Gasteiger charge is 2.10. The lowest BCUT2D eigenvalue weighted by molar-refractivity contribution is 0.0551. The number of nitrogens with zero attached hydrogens (tertiary/aromatic N) is 2. The molecular formula is C14H17FN2O2S. The summed E-state index contributed by atoms with van der Waals surface area (Å²) in [5.74, 6) is 0.190. The van der Waals surface area contributed by atoms with Crippen LogP contribution < -0.4 is 0 Å². The molecule has 1 N–H and O–H groups in total. The normalized spacial score (nSPS) is 12.6. The average molecular weight is 296 g/mol. The van der Waals surface area contributed by atoms with Crippen LogP contribution in [0.25, 0.3) is 5.69 Å². The van der Waals surface area contributed by atoms with Crippen molar-refractivity contribution in [3.8, 4) is 5.69 Å². The predicted molar refractivity (Wildman–Crippen MR) is 76.7 cm³/mol. The Morgan fingerprint density at radius 1 is 1.50 bits per heavy atom. The van der Waals surface area contributed by atoms with E-state index in [1.807, 2.05) is 13.0 Å². The van der Waals surface area contributed by atoms with Gasteiger partial charge >= 0.3 is 0 Å². The molecule has 4 nitrogen and oxygen atoms in total. The number of hydrogen-bond donors (Lipinski definition) is 1. The van der Waals surface area contributed by atoms with E-state index < -0.39 is 6.10 Å². The quantitative estimate of drug-likeness (QED) is 0.798. The van der Waals surface area contributed by atoms with Gasteiger partial charge < -0.3 is 9.84 Å². The highest BCUT2D eigenvalue weighted by Crippen LogP contribution is 2.21. The minimum absolute atomic E-state index is 0.288. The second-order valence-corrected chi connectivity index (χ2v) is 5.17. The zero-order chi connectivity index (χ0) is 14.4. The van der Waals surface area contributed by atoms with Crippen molar-refractivity contribution in [1.29, 1.82) is 0 Å². The average Bonchev–Trinajstić information content (AvgIpc) is 2.91. The van der Waals surface area contributed by atoms with Crippen LogP contribution in [-0.2, 0) is 4.74 Å². The maximum atomic E-state index is 13.2. The zero-order valence-electron chi connectivity index (χ0n) is 11.2. The lowest BCUT2D eigenvalue weighted by Crippen LogP contribution is -2.18. The molecule has 0 saturated carbocycles. The van der Waals surface area contributed by atoms with E-state index in [2.05, 4.69) is 4.98 Å². The molecular weight excluding hydrogens is 279 g/mol. The first-order valence-corrected chi connectivity index (χ1v) is 7.37. The van der Waals surface area contributed by atoms with Crippen molar-refractivity contribution >= 4 is 11.8 Å². The van der Waals surface area contributed by atoms with Crippen LogP contribution in [0.2, 0.25) is 0 Å². The number of thioether (sulfide) groups is 1. The van der Waals surface area contributed by atoms with Crippen LogP contribution in [0, 0.1) is 5.82 Å². The number of ether oxygens (including phenoxy) is 1. The summed E-state index contributed by atoms with van der Waals surface area (Å²) in [7, 11) is 0. The van der Waals surface area contributed by atoms with Crippen LogP contribution >= 0.6 is 11.8 Å². The summed E-state index contributed by atoms with van der Waals surface area (Å²) >= 11 is 1.41. The number of benzene rings is 1. The Kier molecular flexibility index (Phi) is 5.58. The molecule has 0 aliphatic heterocycles. The van der Waals surface area contributed by atoms with Gasteiger partial charge in [0.15, 0.2) is 5.16 Å². The van der Waals surface area contributed by atoms with E-state index in [0.717, 1.165) is 0 Å². The zero-order valence-corrected chi connectivity index (χ0v) is 12.0. The van der Waals surface area contributed by atoms with Gasteiger partial charge in [0.25, 0.3) is 0 Å². The van der Waals surface area contributed by atoms with E-state index in [4.69, 9.17) is 4.74 Å². The Balaban J connectivity index is 2.02. The summed E-state index contributed by atoms with van der Waals surface area (Å²) in [5.41, 5.74) is 0.712. The number of imidazole rings is 1. The minimum Gasteiger partial charge on any atom is -0.390 e. The fourth-order valence-electron chi connectivity index (χ4n) is 1.69. The third-order valence-electron chi connectivity index (χ3n) is 2.61. The summed E-state index contributed by atoms with van der Waals surface area (Å²) in [4.78, 5) is 4.23. The first-order chi connectivity index (χ1) is 9.70. The minimum atomic E-state index is -0.544. The van der Waals surface area contributed by atoms with Crippen LogP contribution in [0.3, 0.4) is 0 Å². The summed E-state index contributed by atoms with van der Waals surface area (Å²) in [6.07, 6.45) is 2.88. The number of halogens is 1. The molecule has 2 aromatic rings. The van der Waals surface area contributed by atoms with Crippen molar-refractivity contribution in [2.75, 3.05) is 19.0 Å². The Bertz CT molecular complexity index is 547. The van der Waals surface area contributed by atoms with Crippen molar-refractivity contribution in [2.24, 2.45) is 0 Å². The van der Waals surface area contributed by atoms with E-state index in [1.165, 1.54) is 23.9 Å². The van der Waals surface area contributed by atoms with E-state index >= 15 is 0 Å². The van der Waals surface area contributed by atoms with E-state index in [9.17, 15) is 9.50 Å². The molecule has 108 valence electrons. The van der Waals surface area contributed by atoms with E-state index in [1.54, 1.807) is 23.0 Å². The lowest BCUT2D eigenvalue weighted by Gasteiger charge is -2.11. The molecule has 1 heterocycles. The molecule has 20 heavy (non-hydrogen) atoms. The first-order valence-electron chi connectivity index (χ1n) is 6.38. The van der Waals surface area contributed by atoms with Gasteiger partial charge in [0.2, 0.25) is 0 Å². The van der Waals surface area contributed by atoms with Crippen LogP contribution in [0.5, 0.6) is 0 Å². The Morgan fingerprint density at radius 3 is 3.10 bits per heavy atom. The number of aliphatic hydroxyl groups is 1. The van der Waals surface area contributed by atoms with Gasteiger partial charge in [-0.3, -0.25) is 4.57 Å². The van der Waals surface area contributed by atoms with Crippen molar-refractivity contribution in [3.63, 3.8) is 0 Å². The molecule has 0 aliphatic carbocycles. The molecule has 0 saturated heterocycles. The van der Waals surface area contributed by atoms with Crippen molar-refractivity contribution in [3.05, 3.63) is 42.5 Å². The first kappa shape index (κ1) is 15.0. The smallest absolute Gasteiger partial charge is 0.172 e. The van der Waals surface area contributed by atoms with E-state index in [0.29, 0.717) is 29.8 Å². The SMILES string of the molecule is CCOC[C@H](O)CSc1nccn1-c1cccc(F)c1. The topological polar surface area (TPSA) is 47.3 Å². The third kappa shape index (κ3) is 4.06. The second-order valence-electron chi connectivity index (χ2n) is 4.18. The standard InChI is InChI=1S/C14H17FN2O2S/c1-2-19-9-13(18)10-20-14-16-6-7-17(14)12-5-3-4-11(15)8-12/h3-8,13,18H,2,9-10H2,1H3/t13-/m0/s1. The van der Waals surface area contributed by atoms with Crippen LogP contribution in [-0.4, -0.2) is 39.7 Å². The number of hydrogen-bond acceptors (Lipinski definition) is 4. The van der Waals surface area contributed by atoms with Gasteiger partial charge in [-0.25, -0.2) is 9.37 Å². The molecule has 6 heteroatoms. The summed E-state index contributed by atoms with van der Waals surface area (Å²) < 4.78 is 20.2. The number of aromatic nitrogens is 2. The molecule has 1 aromatic heterocycles. The number of aliphatic hydroxyl groups excluding tert-OH is 1. The monoisotopic (exact) mass is 296 g/mol. The van der Waals surface area contributed by atoms with Gasteiger partial charge in [-0.1, -0.05) is 17.8 Å². The molecule has 0 radical (unpaired) electrons. The molecule has 0 fully saturated rings. The summed E-state index contributed by atoms with van der Waals surface area (Å²) in [6.45, 7) is 2.78. The molecule has 1 aromatic carbocycles. The van der Waals surface area contributed by atoms with Gasteiger partial charge in [-0.05, 0) is 25.1 Å². The molecule has 1 atom stereocenters. The van der Waals surface area contributed by atoms with Gasteiger partial charge in [-0.2, -0.15) is 0 Å². The van der Waals surface area contributed by atoms with Gasteiger partial charge in [0.1, 0.15) is 5.82 Å². The molecule has 2 rings (SSSR count). The van der Waals surface area contributed by atoms with Crippen molar-refractivity contribution in [1.82, 2.24) is 9.55 Å². The lowest BCUT2D eigenvalue weighted by atomic mass is 10.3. The van der Waals surface area contributed by atoms with Gasteiger partial charge in [-0.15, -0.1) is 0 Å². The van der Waals surface area contributed by atoms with Crippen LogP contribution in [0.4, 0.5) is 4.39 Å². The van der Waals surface area contributed by atoms with Crippen molar-refractivity contribution in [2.45, 2.75) is 18.2 Å². The summed E-state index contributed by atoms with van der Waals surface area (Å²) in [5, 5.41) is 10.5. The molecule has 0 aliphatic rings. The highest BCUT2D eigenvalue weighted by atomic mass is 32.2. The van der Waals surface area contributed by atoms with Crippen LogP contribution in [0.1, 0.15) is 6.92 Å². The predicted octanol–water partition coefficient (Wildman–Crippen LogP) is 2.50. The largest absolute Gasteiger partial charge is 0.390 e. The van der Waals surface area contributed by atoms with Crippen molar-refractivity contribution < 1.29 is 14.2 Å². The number of rotatable bonds is 7. The molecule has 0 amide bonds. The second kappa shape index (κ2) is 7.42. The molecule has 0 unspecified atom stereocenters.